The van der Waals surface area contributed by atoms with E-state index in [0.717, 1.165) is 10.6 Å². The second-order valence-electron chi connectivity index (χ2n) is 3.76. The average molecular weight is 257 g/mol. The number of nitrogens with zero attached hydrogens (tertiary/aromatic N) is 2. The van der Waals surface area contributed by atoms with Crippen LogP contribution in [-0.4, -0.2) is 23.9 Å². The summed E-state index contributed by atoms with van der Waals surface area (Å²) in [6.07, 6.45) is 0. The molecule has 0 aliphatic carbocycles. The van der Waals surface area contributed by atoms with Gasteiger partial charge < -0.3 is 0 Å². The molecule has 0 saturated carbocycles. The molecule has 86 valence electrons. The largest absolute Gasteiger partial charge is 0.297 e. The fourth-order valence-corrected chi connectivity index (χ4v) is 1.79. The summed E-state index contributed by atoms with van der Waals surface area (Å²) in [6.45, 7) is 2.62. The summed E-state index contributed by atoms with van der Waals surface area (Å²) in [7, 11) is 1.95. The van der Waals surface area contributed by atoms with Crippen molar-refractivity contribution in [2.24, 2.45) is 0 Å². The van der Waals surface area contributed by atoms with Crippen LogP contribution in [0.3, 0.4) is 0 Å². The minimum absolute atomic E-state index is 0.215. The van der Waals surface area contributed by atoms with Crippen LogP contribution in [0.4, 0.5) is 0 Å². The summed E-state index contributed by atoms with van der Waals surface area (Å²) >= 11 is 11.6. The van der Waals surface area contributed by atoms with Crippen LogP contribution in [0.15, 0.2) is 24.3 Å². The van der Waals surface area contributed by atoms with E-state index in [1.807, 2.05) is 42.3 Å². The summed E-state index contributed by atoms with van der Waals surface area (Å²) in [6, 6.07) is 9.93. The van der Waals surface area contributed by atoms with Crippen LogP contribution in [0.2, 0.25) is 5.02 Å². The molecule has 1 aromatic rings. The van der Waals surface area contributed by atoms with Crippen molar-refractivity contribution >= 4 is 23.2 Å². The molecule has 0 heterocycles. The van der Waals surface area contributed by atoms with Crippen molar-refractivity contribution in [1.82, 2.24) is 4.90 Å². The molecule has 1 aromatic carbocycles. The van der Waals surface area contributed by atoms with Crippen molar-refractivity contribution in [1.29, 1.82) is 5.26 Å². The molecule has 0 spiro atoms. The first-order valence-corrected chi connectivity index (χ1v) is 5.85. The van der Waals surface area contributed by atoms with Gasteiger partial charge in [0.25, 0.3) is 0 Å². The zero-order chi connectivity index (χ0) is 12.1. The van der Waals surface area contributed by atoms with Gasteiger partial charge in [-0.25, -0.2) is 0 Å². The van der Waals surface area contributed by atoms with Crippen molar-refractivity contribution in [3.63, 3.8) is 0 Å². The maximum absolute atomic E-state index is 8.65. The van der Waals surface area contributed by atoms with Gasteiger partial charge in [-0.15, -0.1) is 11.6 Å². The third-order valence-corrected chi connectivity index (χ3v) is 3.09. The number of benzene rings is 1. The van der Waals surface area contributed by atoms with E-state index in [4.69, 9.17) is 28.5 Å². The Morgan fingerprint density at radius 3 is 2.44 bits per heavy atom. The predicted molar refractivity (Wildman–Crippen MR) is 67.8 cm³/mol. The van der Waals surface area contributed by atoms with Gasteiger partial charge in [0.15, 0.2) is 0 Å². The molecular formula is C12H14Cl2N2. The molecule has 1 rings (SSSR count). The van der Waals surface area contributed by atoms with Crippen molar-refractivity contribution in [3.05, 3.63) is 34.9 Å². The van der Waals surface area contributed by atoms with E-state index in [-0.39, 0.29) is 6.04 Å². The number of nitriles is 1. The zero-order valence-corrected chi connectivity index (χ0v) is 10.8. The Bertz CT molecular complexity index is 370. The Morgan fingerprint density at radius 1 is 1.38 bits per heavy atom. The maximum atomic E-state index is 8.65. The van der Waals surface area contributed by atoms with Crippen LogP contribution in [0.1, 0.15) is 18.5 Å². The van der Waals surface area contributed by atoms with Crippen LogP contribution >= 0.6 is 23.2 Å². The summed E-state index contributed by atoms with van der Waals surface area (Å²) in [5.41, 5.74) is 1.16. The van der Waals surface area contributed by atoms with Crippen molar-refractivity contribution in [3.8, 4) is 6.07 Å². The van der Waals surface area contributed by atoms with E-state index < -0.39 is 5.38 Å². The molecule has 0 aliphatic rings. The smallest absolute Gasteiger partial charge is 0.133 e. The highest BCUT2D eigenvalue weighted by Crippen LogP contribution is 2.21. The second-order valence-corrected chi connectivity index (χ2v) is 4.73. The lowest BCUT2D eigenvalue weighted by molar-refractivity contribution is 0.269. The second kappa shape index (κ2) is 6.10. The van der Waals surface area contributed by atoms with Gasteiger partial charge in [0, 0.05) is 17.6 Å². The highest BCUT2D eigenvalue weighted by atomic mass is 35.5. The van der Waals surface area contributed by atoms with Crippen molar-refractivity contribution in [2.75, 3.05) is 13.6 Å². The quantitative estimate of drug-likeness (QED) is 0.772. The third kappa shape index (κ3) is 3.68. The fraction of sp³-hybridized carbons (Fsp3) is 0.417. The van der Waals surface area contributed by atoms with Crippen molar-refractivity contribution in [2.45, 2.75) is 18.3 Å². The molecule has 0 fully saturated rings. The van der Waals surface area contributed by atoms with Gasteiger partial charge >= 0.3 is 0 Å². The van der Waals surface area contributed by atoms with Gasteiger partial charge in [0.1, 0.15) is 5.38 Å². The number of alkyl halides is 1. The Labute approximate surface area is 106 Å². The first kappa shape index (κ1) is 13.3. The predicted octanol–water partition coefficient (Wildman–Crippen LogP) is 3.46. The molecule has 0 amide bonds. The number of hydrogen-bond donors (Lipinski definition) is 0. The molecule has 0 aromatic heterocycles. The van der Waals surface area contributed by atoms with Gasteiger partial charge in [-0.05, 0) is 31.7 Å². The lowest BCUT2D eigenvalue weighted by Crippen LogP contribution is -2.28. The molecule has 16 heavy (non-hydrogen) atoms. The normalized spacial score (nSPS) is 14.5. The number of halogens is 2. The van der Waals surface area contributed by atoms with Gasteiger partial charge in [-0.1, -0.05) is 23.7 Å². The summed E-state index contributed by atoms with van der Waals surface area (Å²) in [4.78, 5) is 2.05. The van der Waals surface area contributed by atoms with E-state index >= 15 is 0 Å². The Hall–Kier alpha value is -0.750. The van der Waals surface area contributed by atoms with Crippen LogP contribution in [0.25, 0.3) is 0 Å². The van der Waals surface area contributed by atoms with Gasteiger partial charge in [0.05, 0.1) is 6.07 Å². The first-order chi connectivity index (χ1) is 7.54. The maximum Gasteiger partial charge on any atom is 0.133 e. The minimum Gasteiger partial charge on any atom is -0.297 e. The van der Waals surface area contributed by atoms with E-state index in [2.05, 4.69) is 6.92 Å². The van der Waals surface area contributed by atoms with E-state index in [1.165, 1.54) is 0 Å². The number of hydrogen-bond acceptors (Lipinski definition) is 2. The summed E-state index contributed by atoms with van der Waals surface area (Å²) in [5, 5.41) is 8.90. The fourth-order valence-electron chi connectivity index (χ4n) is 1.45. The van der Waals surface area contributed by atoms with Crippen LogP contribution < -0.4 is 0 Å². The molecule has 0 saturated heterocycles. The Balaban J connectivity index is 2.67. The van der Waals surface area contributed by atoms with Crippen molar-refractivity contribution < 1.29 is 0 Å². The molecule has 0 N–H and O–H groups in total. The van der Waals surface area contributed by atoms with Gasteiger partial charge in [-0.3, -0.25) is 4.90 Å². The molecule has 0 radical (unpaired) electrons. The molecular weight excluding hydrogens is 243 g/mol. The van der Waals surface area contributed by atoms with Crippen LogP contribution in [0.5, 0.6) is 0 Å². The summed E-state index contributed by atoms with van der Waals surface area (Å²) < 4.78 is 0. The Kier molecular flexibility index (Phi) is 5.08. The Morgan fingerprint density at radius 2 is 1.94 bits per heavy atom. The highest BCUT2D eigenvalue weighted by Gasteiger charge is 2.14. The molecule has 2 nitrogen and oxygen atoms in total. The van der Waals surface area contributed by atoms with E-state index in [1.54, 1.807) is 0 Å². The lowest BCUT2D eigenvalue weighted by atomic mass is 10.1. The molecule has 0 bridgehead atoms. The first-order valence-electron chi connectivity index (χ1n) is 5.04. The molecule has 4 heteroatoms. The van der Waals surface area contributed by atoms with Crippen LogP contribution in [-0.2, 0) is 0 Å². The van der Waals surface area contributed by atoms with Crippen LogP contribution in [0, 0.1) is 11.3 Å². The monoisotopic (exact) mass is 256 g/mol. The van der Waals surface area contributed by atoms with Gasteiger partial charge in [-0.2, -0.15) is 5.26 Å². The zero-order valence-electron chi connectivity index (χ0n) is 9.32. The molecule has 0 aliphatic heterocycles. The lowest BCUT2D eigenvalue weighted by Gasteiger charge is -2.25. The van der Waals surface area contributed by atoms with Gasteiger partial charge in [0.2, 0.25) is 0 Å². The topological polar surface area (TPSA) is 27.0 Å². The third-order valence-electron chi connectivity index (χ3n) is 2.60. The van der Waals surface area contributed by atoms with E-state index in [9.17, 15) is 0 Å². The SMILES string of the molecule is CC(c1ccc(Cl)cc1)N(C)CC(Cl)C#N. The molecule has 2 unspecified atom stereocenters. The average Bonchev–Trinajstić information content (AvgIpc) is 2.28. The number of rotatable bonds is 4. The standard InChI is InChI=1S/C12H14Cl2N2/c1-9(16(2)8-12(14)7-15)10-3-5-11(13)6-4-10/h3-6,9,12H,8H2,1-2H3. The molecule has 2 atom stereocenters. The van der Waals surface area contributed by atoms with E-state index in [0.29, 0.717) is 6.54 Å². The highest BCUT2D eigenvalue weighted by molar-refractivity contribution is 6.30. The summed E-state index contributed by atoms with van der Waals surface area (Å²) in [5.74, 6) is 0. The minimum atomic E-state index is -0.472.